The Morgan fingerprint density at radius 2 is 1.77 bits per heavy atom. The Bertz CT molecular complexity index is 1630. The van der Waals surface area contributed by atoms with Crippen molar-refractivity contribution in [2.24, 2.45) is 17.6 Å². The summed E-state index contributed by atoms with van der Waals surface area (Å²) in [7, 11) is 3.17. The number of aliphatic hydroxyl groups excluding tert-OH is 2. The number of nitrogens with zero attached hydrogens (tertiary/aromatic N) is 1. The predicted molar refractivity (Wildman–Crippen MR) is 157 cm³/mol. The number of carbonyl (C=O) groups excluding carboxylic acids is 4. The quantitative estimate of drug-likeness (QED) is 0.188. The Labute approximate surface area is 253 Å². The van der Waals surface area contributed by atoms with Crippen molar-refractivity contribution >= 4 is 23.4 Å². The van der Waals surface area contributed by atoms with Gasteiger partial charge in [-0.3, -0.25) is 24.1 Å². The number of nitrogens with one attached hydrogen (secondary N) is 1. The first-order valence-electron chi connectivity index (χ1n) is 14.3. The van der Waals surface area contributed by atoms with Gasteiger partial charge in [-0.05, 0) is 68.1 Å². The molecule has 2 aromatic carbocycles. The largest absolute Gasteiger partial charge is 0.510 e. The highest BCUT2D eigenvalue weighted by molar-refractivity contribution is 6.24. The Balaban J connectivity index is 1.53. The minimum absolute atomic E-state index is 0.00588. The summed E-state index contributed by atoms with van der Waals surface area (Å²) >= 11 is 0. The average molecular weight is 606 g/mol. The number of amides is 1. The molecule has 232 valence electrons. The molecule has 3 aliphatic rings. The number of primary amides is 1. The van der Waals surface area contributed by atoms with E-state index in [1.165, 1.54) is 11.0 Å². The van der Waals surface area contributed by atoms with Crippen molar-refractivity contribution in [1.29, 1.82) is 0 Å². The number of allylic oxidation sites excluding steroid dienone is 1. The van der Waals surface area contributed by atoms with Crippen LogP contribution in [0, 0.1) is 11.8 Å². The molecule has 2 aromatic rings. The number of hydrogen-bond acceptors (Lipinski definition) is 11. The monoisotopic (exact) mass is 605 g/mol. The lowest BCUT2D eigenvalue weighted by Crippen LogP contribution is -2.63. The molecule has 0 aromatic heterocycles. The van der Waals surface area contributed by atoms with Crippen LogP contribution in [0.1, 0.15) is 34.8 Å². The second kappa shape index (κ2) is 11.5. The number of esters is 1. The third kappa shape index (κ3) is 4.84. The lowest BCUT2D eigenvalue weighted by Gasteiger charge is -2.50. The molecular formula is C32H35N3O9. The maximum Gasteiger partial charge on any atom is 0.319 e. The number of aliphatic hydroxyl groups is 3. The number of carbonyl (C=O) groups is 4. The van der Waals surface area contributed by atoms with E-state index in [0.717, 1.165) is 11.1 Å². The number of ether oxygens (including phenoxy) is 1. The molecule has 7 N–H and O–H groups in total. The second-order valence-corrected chi connectivity index (χ2v) is 11.6. The third-order valence-corrected chi connectivity index (χ3v) is 8.77. The van der Waals surface area contributed by atoms with E-state index >= 15 is 0 Å². The molecule has 0 heterocycles. The van der Waals surface area contributed by atoms with Crippen molar-refractivity contribution in [3.05, 3.63) is 75.8 Å². The number of ketones is 2. The fourth-order valence-electron chi connectivity index (χ4n) is 6.84. The summed E-state index contributed by atoms with van der Waals surface area (Å²) in [5.41, 5.74) is 4.48. The van der Waals surface area contributed by atoms with Gasteiger partial charge in [-0.2, -0.15) is 0 Å². The third-order valence-electron chi connectivity index (χ3n) is 8.77. The fourth-order valence-corrected chi connectivity index (χ4v) is 6.84. The van der Waals surface area contributed by atoms with Gasteiger partial charge in [-0.15, -0.1) is 0 Å². The Hall–Kier alpha value is -4.52. The molecule has 0 saturated heterocycles. The van der Waals surface area contributed by atoms with E-state index in [-0.39, 0.29) is 42.2 Å². The smallest absolute Gasteiger partial charge is 0.319 e. The highest BCUT2D eigenvalue weighted by atomic mass is 16.5. The Morgan fingerprint density at radius 1 is 1.09 bits per heavy atom. The van der Waals surface area contributed by atoms with Gasteiger partial charge < -0.3 is 36.2 Å². The van der Waals surface area contributed by atoms with E-state index in [9.17, 15) is 39.6 Å². The lowest BCUT2D eigenvalue weighted by molar-refractivity contribution is -0.148. The number of rotatable bonds is 8. The van der Waals surface area contributed by atoms with Crippen molar-refractivity contribution in [1.82, 2.24) is 10.2 Å². The summed E-state index contributed by atoms with van der Waals surface area (Å²) in [6, 6.07) is 9.47. The van der Waals surface area contributed by atoms with Gasteiger partial charge >= 0.3 is 5.97 Å². The molecule has 1 amide bonds. The van der Waals surface area contributed by atoms with E-state index in [2.05, 4.69) is 5.32 Å². The number of Topliss-reactive ketones (excluding diaryl/α,β-unsaturated/α-hetero) is 2. The first kappa shape index (κ1) is 30.9. The zero-order valence-electron chi connectivity index (χ0n) is 24.6. The van der Waals surface area contributed by atoms with Gasteiger partial charge in [0.2, 0.25) is 5.78 Å². The van der Waals surface area contributed by atoms with Gasteiger partial charge in [-0.1, -0.05) is 30.3 Å². The molecule has 3 aliphatic carbocycles. The molecule has 0 saturated carbocycles. The normalized spacial score (nSPS) is 24.6. The van der Waals surface area contributed by atoms with Crippen LogP contribution < -0.4 is 11.1 Å². The van der Waals surface area contributed by atoms with Crippen LogP contribution in [-0.4, -0.2) is 87.7 Å². The number of phenolic OH excluding ortho intramolecular Hbond substituents is 1. The van der Waals surface area contributed by atoms with Crippen LogP contribution >= 0.6 is 0 Å². The minimum Gasteiger partial charge on any atom is -0.510 e. The van der Waals surface area contributed by atoms with Crippen molar-refractivity contribution in [2.45, 2.75) is 38.0 Å². The summed E-state index contributed by atoms with van der Waals surface area (Å²) in [4.78, 5) is 52.6. The first-order valence-corrected chi connectivity index (χ1v) is 14.3. The minimum atomic E-state index is -2.69. The first-order chi connectivity index (χ1) is 20.8. The van der Waals surface area contributed by atoms with E-state index < -0.39 is 58.0 Å². The average Bonchev–Trinajstić information content (AvgIpc) is 2.95. The molecule has 12 heteroatoms. The highest BCUT2D eigenvalue weighted by Crippen LogP contribution is 2.53. The summed E-state index contributed by atoms with van der Waals surface area (Å²) in [6.45, 7) is 2.54. The molecule has 0 unspecified atom stereocenters. The van der Waals surface area contributed by atoms with Crippen molar-refractivity contribution in [3.63, 3.8) is 0 Å². The number of aromatic hydroxyl groups is 1. The topological polar surface area (TPSA) is 200 Å². The molecule has 0 radical (unpaired) electrons. The van der Waals surface area contributed by atoms with Crippen molar-refractivity contribution in [3.8, 4) is 16.9 Å². The standard InChI is InChI=1S/C32H35N3O9/c1-4-44-22(37)14-34-13-15-5-7-16(8-6-15)18-9-10-21(36)24-19(18)11-17-12-20-26(35(2)3)28(39)25(31(33)42)30(41)32(20,43)29(40)23(17)27(24)38/h5-10,17,20,26,34,36,39-40,43H,4,11-14H2,1-3H3,(H2,33,42)/t17-,20-,26-,32+/m1/s1. The Morgan fingerprint density at radius 3 is 2.39 bits per heavy atom. The molecule has 4 atom stereocenters. The second-order valence-electron chi connectivity index (χ2n) is 11.6. The number of benzene rings is 2. The zero-order valence-corrected chi connectivity index (χ0v) is 24.6. The molecule has 0 fully saturated rings. The number of hydrogen-bond donors (Lipinski definition) is 6. The molecule has 5 rings (SSSR count). The van der Waals surface area contributed by atoms with Crippen LogP contribution in [0.15, 0.2) is 59.1 Å². The number of fused-ring (bicyclic) bond motifs is 3. The molecule has 12 nitrogen and oxygen atoms in total. The number of phenols is 1. The fraction of sp³-hybridized carbons (Fsp3) is 0.375. The lowest BCUT2D eigenvalue weighted by atomic mass is 9.58. The van der Waals surface area contributed by atoms with Crippen molar-refractivity contribution in [2.75, 3.05) is 27.2 Å². The van der Waals surface area contributed by atoms with E-state index in [1.54, 1.807) is 27.1 Å². The van der Waals surface area contributed by atoms with E-state index in [4.69, 9.17) is 10.5 Å². The molecule has 0 aliphatic heterocycles. The predicted octanol–water partition coefficient (Wildman–Crippen LogP) is 1.44. The maximum absolute atomic E-state index is 13.9. The van der Waals surface area contributed by atoms with E-state index in [0.29, 0.717) is 24.3 Å². The van der Waals surface area contributed by atoms with Gasteiger partial charge in [0.25, 0.3) is 5.91 Å². The SMILES string of the molecule is CCOC(=O)CNCc1ccc(-c2ccc(O)c3c2C[C@@H]2C[C@@H]4[C@@H](N(C)C)C(O)=C(C(N)=O)C(=O)[C@@]4(O)C(O)=C2C3=O)cc1. The van der Waals surface area contributed by atoms with Crippen LogP contribution in [0.2, 0.25) is 0 Å². The summed E-state index contributed by atoms with van der Waals surface area (Å²) < 4.78 is 4.91. The molecule has 0 spiro atoms. The van der Waals surface area contributed by atoms with Gasteiger partial charge in [0, 0.05) is 18.0 Å². The Kier molecular flexibility index (Phi) is 8.10. The summed E-state index contributed by atoms with van der Waals surface area (Å²) in [5, 5.41) is 47.9. The summed E-state index contributed by atoms with van der Waals surface area (Å²) in [5.74, 6) is -7.25. The van der Waals surface area contributed by atoms with E-state index in [1.807, 2.05) is 24.3 Å². The molecular weight excluding hydrogens is 570 g/mol. The van der Waals surface area contributed by atoms with Crippen LogP contribution in [0.5, 0.6) is 5.75 Å². The molecule has 44 heavy (non-hydrogen) atoms. The highest BCUT2D eigenvalue weighted by Gasteiger charge is 2.63. The summed E-state index contributed by atoms with van der Waals surface area (Å²) in [6.07, 6.45) is 0.188. The van der Waals surface area contributed by atoms with Crippen LogP contribution in [-0.2, 0) is 32.1 Å². The van der Waals surface area contributed by atoms with Crippen LogP contribution in [0.25, 0.3) is 11.1 Å². The van der Waals surface area contributed by atoms with Crippen molar-refractivity contribution < 1.29 is 44.3 Å². The maximum atomic E-state index is 13.9. The molecule has 0 bridgehead atoms. The van der Waals surface area contributed by atoms with Gasteiger partial charge in [0.15, 0.2) is 11.4 Å². The van der Waals surface area contributed by atoms with Gasteiger partial charge in [-0.25, -0.2) is 0 Å². The van der Waals surface area contributed by atoms with Crippen LogP contribution in [0.3, 0.4) is 0 Å². The number of likely N-dealkylation sites (N-methyl/N-ethyl adjacent to an activating group) is 1. The van der Waals surface area contributed by atoms with Gasteiger partial charge in [0.1, 0.15) is 22.8 Å². The van der Waals surface area contributed by atoms with Crippen LogP contribution in [0.4, 0.5) is 0 Å². The van der Waals surface area contributed by atoms with Gasteiger partial charge in [0.05, 0.1) is 24.8 Å². The zero-order chi connectivity index (χ0) is 32.1. The number of nitrogens with two attached hydrogens (primary N) is 1.